The molecule has 15 heavy (non-hydrogen) atoms. The fraction of sp³-hybridized carbons (Fsp3) is 0.833. The summed E-state index contributed by atoms with van der Waals surface area (Å²) in [5.74, 6) is 1.20. The average Bonchev–Trinajstić information content (AvgIpc) is 2.29. The fourth-order valence-corrected chi connectivity index (χ4v) is 1.63. The van der Waals surface area contributed by atoms with Gasteiger partial charge in [0.15, 0.2) is 0 Å². The molecule has 1 aliphatic rings. The van der Waals surface area contributed by atoms with Crippen LogP contribution in [0.25, 0.3) is 0 Å². The normalized spacial score (nSPS) is 16.2. The molecule has 0 saturated heterocycles. The summed E-state index contributed by atoms with van der Waals surface area (Å²) in [5, 5.41) is 0. The van der Waals surface area contributed by atoms with E-state index in [2.05, 4.69) is 6.08 Å². The van der Waals surface area contributed by atoms with Gasteiger partial charge >= 0.3 is 0 Å². The number of hydrogen-bond donors (Lipinski definition) is 1. The summed E-state index contributed by atoms with van der Waals surface area (Å²) >= 11 is 0. The SMILES string of the molecule is NCCOCCCCOC1=CCCCC1. The van der Waals surface area contributed by atoms with E-state index in [4.69, 9.17) is 15.2 Å². The molecule has 3 nitrogen and oxygen atoms in total. The standard InChI is InChI=1S/C12H23NO2/c13-8-11-14-9-4-5-10-15-12-6-2-1-3-7-12/h6H,1-5,7-11,13H2. The van der Waals surface area contributed by atoms with Crippen molar-refractivity contribution in [1.82, 2.24) is 0 Å². The predicted molar refractivity (Wildman–Crippen MR) is 61.6 cm³/mol. The van der Waals surface area contributed by atoms with E-state index in [0.29, 0.717) is 13.2 Å². The van der Waals surface area contributed by atoms with Gasteiger partial charge in [0.25, 0.3) is 0 Å². The van der Waals surface area contributed by atoms with Crippen LogP contribution in [0.15, 0.2) is 11.8 Å². The molecule has 0 saturated carbocycles. The van der Waals surface area contributed by atoms with Crippen molar-refractivity contribution in [2.24, 2.45) is 5.73 Å². The zero-order valence-electron chi connectivity index (χ0n) is 9.54. The van der Waals surface area contributed by atoms with Crippen LogP contribution in [0.4, 0.5) is 0 Å². The molecule has 0 amide bonds. The second-order valence-electron chi connectivity index (χ2n) is 3.87. The molecule has 3 heteroatoms. The van der Waals surface area contributed by atoms with Gasteiger partial charge in [0.05, 0.1) is 19.0 Å². The maximum atomic E-state index is 5.67. The zero-order valence-corrected chi connectivity index (χ0v) is 9.54. The monoisotopic (exact) mass is 213 g/mol. The Labute approximate surface area is 92.6 Å². The average molecular weight is 213 g/mol. The third-order valence-corrected chi connectivity index (χ3v) is 2.48. The van der Waals surface area contributed by atoms with Crippen LogP contribution >= 0.6 is 0 Å². The number of unbranched alkanes of at least 4 members (excludes halogenated alkanes) is 1. The molecule has 0 aliphatic heterocycles. The predicted octanol–water partition coefficient (Wildman–Crippen LogP) is 2.22. The third-order valence-electron chi connectivity index (χ3n) is 2.48. The Kier molecular flexibility index (Phi) is 7.30. The van der Waals surface area contributed by atoms with E-state index in [1.165, 1.54) is 25.0 Å². The topological polar surface area (TPSA) is 44.5 Å². The molecule has 0 bridgehead atoms. The lowest BCUT2D eigenvalue weighted by Gasteiger charge is -2.14. The van der Waals surface area contributed by atoms with Gasteiger partial charge in [0.1, 0.15) is 0 Å². The molecule has 2 N–H and O–H groups in total. The van der Waals surface area contributed by atoms with Crippen molar-refractivity contribution >= 4 is 0 Å². The zero-order chi connectivity index (χ0) is 10.8. The molecular weight excluding hydrogens is 190 g/mol. The van der Waals surface area contributed by atoms with Gasteiger partial charge in [-0.3, -0.25) is 0 Å². The minimum absolute atomic E-state index is 0.614. The van der Waals surface area contributed by atoms with Gasteiger partial charge in [-0.2, -0.15) is 0 Å². The van der Waals surface area contributed by atoms with Crippen LogP contribution < -0.4 is 5.73 Å². The Morgan fingerprint density at radius 2 is 2.00 bits per heavy atom. The Morgan fingerprint density at radius 3 is 2.73 bits per heavy atom. The Balaban J connectivity index is 1.86. The molecule has 1 rings (SSSR count). The van der Waals surface area contributed by atoms with Gasteiger partial charge in [-0.1, -0.05) is 0 Å². The molecule has 0 heterocycles. The first-order valence-corrected chi connectivity index (χ1v) is 6.03. The molecule has 0 aromatic rings. The molecule has 88 valence electrons. The summed E-state index contributed by atoms with van der Waals surface area (Å²) in [6.07, 6.45) is 9.29. The summed E-state index contributed by atoms with van der Waals surface area (Å²) in [5.41, 5.74) is 5.31. The quantitative estimate of drug-likeness (QED) is 0.629. The Bertz CT molecular complexity index is 180. The maximum absolute atomic E-state index is 5.67. The van der Waals surface area contributed by atoms with Gasteiger partial charge in [-0.15, -0.1) is 0 Å². The molecule has 0 atom stereocenters. The molecule has 1 aliphatic carbocycles. The van der Waals surface area contributed by atoms with Gasteiger partial charge in [-0.05, 0) is 38.2 Å². The largest absolute Gasteiger partial charge is 0.498 e. The minimum atomic E-state index is 0.614. The van der Waals surface area contributed by atoms with Gasteiger partial charge in [0.2, 0.25) is 0 Å². The number of ether oxygens (including phenoxy) is 2. The van der Waals surface area contributed by atoms with E-state index in [1.54, 1.807) is 0 Å². The van der Waals surface area contributed by atoms with E-state index in [1.807, 2.05) is 0 Å². The highest BCUT2D eigenvalue weighted by Gasteiger charge is 2.03. The van der Waals surface area contributed by atoms with Gasteiger partial charge in [0, 0.05) is 19.6 Å². The van der Waals surface area contributed by atoms with Crippen LogP contribution in [-0.2, 0) is 9.47 Å². The van der Waals surface area contributed by atoms with Crippen molar-refractivity contribution in [1.29, 1.82) is 0 Å². The van der Waals surface area contributed by atoms with Crippen LogP contribution in [-0.4, -0.2) is 26.4 Å². The van der Waals surface area contributed by atoms with Crippen LogP contribution in [0, 0.1) is 0 Å². The maximum Gasteiger partial charge on any atom is 0.0919 e. The first-order valence-electron chi connectivity index (χ1n) is 6.03. The fourth-order valence-electron chi connectivity index (χ4n) is 1.63. The van der Waals surface area contributed by atoms with E-state index in [-0.39, 0.29) is 0 Å². The van der Waals surface area contributed by atoms with Gasteiger partial charge < -0.3 is 15.2 Å². The van der Waals surface area contributed by atoms with Crippen LogP contribution in [0.3, 0.4) is 0 Å². The smallest absolute Gasteiger partial charge is 0.0919 e. The van der Waals surface area contributed by atoms with Crippen molar-refractivity contribution in [3.05, 3.63) is 11.8 Å². The number of hydrogen-bond acceptors (Lipinski definition) is 3. The number of nitrogens with two attached hydrogens (primary N) is 1. The second-order valence-corrected chi connectivity index (χ2v) is 3.87. The minimum Gasteiger partial charge on any atom is -0.498 e. The van der Waals surface area contributed by atoms with Crippen molar-refractivity contribution in [3.63, 3.8) is 0 Å². The van der Waals surface area contributed by atoms with Crippen molar-refractivity contribution < 1.29 is 9.47 Å². The van der Waals surface area contributed by atoms with E-state index in [9.17, 15) is 0 Å². The molecule has 0 aromatic carbocycles. The molecule has 0 aromatic heterocycles. The van der Waals surface area contributed by atoms with E-state index < -0.39 is 0 Å². The summed E-state index contributed by atoms with van der Waals surface area (Å²) in [6.45, 7) is 2.92. The summed E-state index contributed by atoms with van der Waals surface area (Å²) in [7, 11) is 0. The summed E-state index contributed by atoms with van der Waals surface area (Å²) in [4.78, 5) is 0. The lowest BCUT2D eigenvalue weighted by atomic mass is 10.1. The van der Waals surface area contributed by atoms with Crippen molar-refractivity contribution in [3.8, 4) is 0 Å². The third kappa shape index (κ3) is 6.52. The van der Waals surface area contributed by atoms with Crippen LogP contribution in [0.1, 0.15) is 38.5 Å². The highest BCUT2D eigenvalue weighted by molar-refractivity contribution is 4.96. The van der Waals surface area contributed by atoms with Crippen molar-refractivity contribution in [2.45, 2.75) is 38.5 Å². The van der Waals surface area contributed by atoms with Crippen LogP contribution in [0.5, 0.6) is 0 Å². The lowest BCUT2D eigenvalue weighted by molar-refractivity contribution is 0.125. The molecular formula is C12H23NO2. The van der Waals surface area contributed by atoms with Crippen molar-refractivity contribution in [2.75, 3.05) is 26.4 Å². The highest BCUT2D eigenvalue weighted by Crippen LogP contribution is 2.18. The molecule has 0 radical (unpaired) electrons. The summed E-state index contributed by atoms with van der Waals surface area (Å²) in [6, 6.07) is 0. The second kappa shape index (κ2) is 8.74. The highest BCUT2D eigenvalue weighted by atomic mass is 16.5. The van der Waals surface area contributed by atoms with Gasteiger partial charge in [-0.25, -0.2) is 0 Å². The van der Waals surface area contributed by atoms with E-state index >= 15 is 0 Å². The van der Waals surface area contributed by atoms with E-state index in [0.717, 1.165) is 32.5 Å². The number of allylic oxidation sites excluding steroid dienone is 2. The Morgan fingerprint density at radius 1 is 1.13 bits per heavy atom. The first kappa shape index (κ1) is 12.5. The first-order chi connectivity index (χ1) is 7.43. The lowest BCUT2D eigenvalue weighted by Crippen LogP contribution is -2.09. The number of rotatable bonds is 8. The summed E-state index contributed by atoms with van der Waals surface area (Å²) < 4.78 is 11.0. The molecule has 0 spiro atoms. The molecule has 0 unspecified atom stereocenters. The molecule has 0 fully saturated rings. The Hall–Kier alpha value is -0.540. The van der Waals surface area contributed by atoms with Crippen LogP contribution in [0.2, 0.25) is 0 Å².